The molecule has 2 amide bonds. The van der Waals surface area contributed by atoms with Crippen LogP contribution in [0.5, 0.6) is 0 Å². The predicted octanol–water partition coefficient (Wildman–Crippen LogP) is 4.91. The van der Waals surface area contributed by atoms with E-state index in [1.54, 1.807) is 43.5 Å². The van der Waals surface area contributed by atoms with Crippen molar-refractivity contribution in [1.29, 1.82) is 0 Å². The topological polar surface area (TPSA) is 99.7 Å². The number of benzene rings is 2. The number of anilines is 1. The lowest BCUT2D eigenvalue weighted by Crippen LogP contribution is -2.33. The van der Waals surface area contributed by atoms with E-state index in [0.29, 0.717) is 25.2 Å². The number of nitrogens with zero attached hydrogens (tertiary/aromatic N) is 3. The van der Waals surface area contributed by atoms with Gasteiger partial charge in [0.2, 0.25) is 5.91 Å². The summed E-state index contributed by atoms with van der Waals surface area (Å²) in [7, 11) is -3.52. The van der Waals surface area contributed by atoms with Crippen molar-refractivity contribution in [2.45, 2.75) is 63.9 Å². The molecule has 0 radical (unpaired) electrons. The zero-order valence-corrected chi connectivity index (χ0v) is 24.8. The Hall–Kier alpha value is -3.56. The average Bonchev–Trinajstić information content (AvgIpc) is 2.94. The van der Waals surface area contributed by atoms with Crippen LogP contribution < -0.4 is 10.2 Å². The third kappa shape index (κ3) is 8.71. The minimum Gasteiger partial charge on any atom is -0.351 e. The Balaban J connectivity index is 1.55. The van der Waals surface area contributed by atoms with Gasteiger partial charge in [-0.1, -0.05) is 43.0 Å². The molecule has 0 bridgehead atoms. The number of aryl methyl sites for hydroxylation is 1. The molecule has 41 heavy (non-hydrogen) atoms. The van der Waals surface area contributed by atoms with Crippen molar-refractivity contribution < 1.29 is 18.0 Å². The van der Waals surface area contributed by atoms with Crippen LogP contribution in [0.1, 0.15) is 66.1 Å². The second kappa shape index (κ2) is 14.4. The molecular formula is C32H40N4O4S. The molecule has 4 rings (SSSR count). The molecule has 218 valence electrons. The number of aromatic nitrogens is 1. The van der Waals surface area contributed by atoms with Gasteiger partial charge in [-0.05, 0) is 73.8 Å². The van der Waals surface area contributed by atoms with Crippen molar-refractivity contribution in [2.75, 3.05) is 30.3 Å². The normalized spacial score (nSPS) is 15.3. The van der Waals surface area contributed by atoms with Crippen molar-refractivity contribution >= 4 is 27.3 Å². The standard InChI is InChI=1S/C32H40N4O4S/c1-25-10-13-30(14-11-25)41(39,40)20-17-34-32(38)28-12-15-31-29(21-28)24-35(23-27-9-8-16-33-22-27)18-6-4-3-5-7-19-36(31)26(2)37/h8-16,21-22H,3-7,17-20,23-24H2,1-2H3,(H,34,38). The Bertz CT molecular complexity index is 1430. The molecule has 0 spiro atoms. The zero-order valence-electron chi connectivity index (χ0n) is 24.0. The van der Waals surface area contributed by atoms with E-state index in [0.717, 1.165) is 61.0 Å². The number of fused-ring (bicyclic) bond motifs is 1. The Morgan fingerprint density at radius 3 is 2.39 bits per heavy atom. The lowest BCUT2D eigenvalue weighted by atomic mass is 10.0. The van der Waals surface area contributed by atoms with Gasteiger partial charge in [0.05, 0.1) is 10.6 Å². The smallest absolute Gasteiger partial charge is 0.251 e. The zero-order chi connectivity index (χ0) is 29.2. The van der Waals surface area contributed by atoms with Gasteiger partial charge in [0.1, 0.15) is 0 Å². The van der Waals surface area contributed by atoms with Gasteiger partial charge in [0.25, 0.3) is 5.91 Å². The Labute approximate surface area is 243 Å². The Morgan fingerprint density at radius 2 is 1.68 bits per heavy atom. The van der Waals surface area contributed by atoms with Crippen LogP contribution in [0.3, 0.4) is 0 Å². The predicted molar refractivity (Wildman–Crippen MR) is 161 cm³/mol. The largest absolute Gasteiger partial charge is 0.351 e. The second-order valence-corrected chi connectivity index (χ2v) is 12.9. The summed E-state index contributed by atoms with van der Waals surface area (Å²) >= 11 is 0. The first kappa shape index (κ1) is 30.4. The van der Waals surface area contributed by atoms with Crippen LogP contribution in [0.4, 0.5) is 5.69 Å². The Morgan fingerprint density at radius 1 is 0.951 bits per heavy atom. The van der Waals surface area contributed by atoms with E-state index in [1.807, 2.05) is 36.2 Å². The van der Waals surface area contributed by atoms with Gasteiger partial charge in [-0.3, -0.25) is 19.5 Å². The van der Waals surface area contributed by atoms with Crippen LogP contribution in [-0.4, -0.2) is 55.5 Å². The van der Waals surface area contributed by atoms with E-state index >= 15 is 0 Å². The number of nitrogens with one attached hydrogen (secondary N) is 1. The van der Waals surface area contributed by atoms with E-state index in [-0.39, 0.29) is 29.0 Å². The highest BCUT2D eigenvalue weighted by Crippen LogP contribution is 2.27. The number of carbonyl (C=O) groups excluding carboxylic acids is 2. The number of amides is 2. The molecule has 9 heteroatoms. The van der Waals surface area contributed by atoms with Gasteiger partial charge >= 0.3 is 0 Å². The molecule has 0 saturated heterocycles. The SMILES string of the molecule is CC(=O)N1CCCCCCCN(Cc2cccnc2)Cc2cc(C(=O)NCCS(=O)(=O)c3ccc(C)cc3)ccc21. The average molecular weight is 577 g/mol. The number of sulfone groups is 1. The highest BCUT2D eigenvalue weighted by molar-refractivity contribution is 7.91. The van der Waals surface area contributed by atoms with Crippen molar-refractivity contribution in [1.82, 2.24) is 15.2 Å². The Kier molecular flexibility index (Phi) is 10.7. The van der Waals surface area contributed by atoms with E-state index < -0.39 is 9.84 Å². The molecule has 2 aromatic carbocycles. The number of carbonyl (C=O) groups is 2. The van der Waals surface area contributed by atoms with Crippen LogP contribution in [0.15, 0.2) is 71.9 Å². The summed E-state index contributed by atoms with van der Waals surface area (Å²) in [5.41, 5.74) is 4.23. The molecule has 0 saturated carbocycles. The second-order valence-electron chi connectivity index (χ2n) is 10.7. The molecule has 0 unspecified atom stereocenters. The molecule has 0 atom stereocenters. The fourth-order valence-corrected chi connectivity index (χ4v) is 6.33. The van der Waals surface area contributed by atoms with Crippen LogP contribution in [0, 0.1) is 6.92 Å². The van der Waals surface area contributed by atoms with Crippen LogP contribution >= 0.6 is 0 Å². The summed E-state index contributed by atoms with van der Waals surface area (Å²) < 4.78 is 25.4. The van der Waals surface area contributed by atoms with Gasteiger partial charge < -0.3 is 10.2 Å². The fraction of sp³-hybridized carbons (Fsp3) is 0.406. The minimum absolute atomic E-state index is 0.00116. The molecule has 0 fully saturated rings. The number of hydrogen-bond acceptors (Lipinski definition) is 6. The molecule has 0 aliphatic carbocycles. The molecule has 2 heterocycles. The molecule has 3 aromatic rings. The maximum atomic E-state index is 13.2. The molecule has 1 N–H and O–H groups in total. The quantitative estimate of drug-likeness (QED) is 0.429. The summed E-state index contributed by atoms with van der Waals surface area (Å²) in [6.45, 7) is 6.28. The van der Waals surface area contributed by atoms with Crippen LogP contribution in [-0.2, 0) is 27.7 Å². The van der Waals surface area contributed by atoms with Gasteiger partial charge in [0, 0.05) is 56.7 Å². The van der Waals surface area contributed by atoms with E-state index in [1.165, 1.54) is 0 Å². The van der Waals surface area contributed by atoms with Gasteiger partial charge in [-0.2, -0.15) is 0 Å². The van der Waals surface area contributed by atoms with Gasteiger partial charge in [0.15, 0.2) is 9.84 Å². The van der Waals surface area contributed by atoms with Crippen LogP contribution in [0.25, 0.3) is 0 Å². The summed E-state index contributed by atoms with van der Waals surface area (Å²) in [5.74, 6) is -0.559. The number of rotatable bonds is 7. The molecule has 1 aromatic heterocycles. The highest BCUT2D eigenvalue weighted by Gasteiger charge is 2.21. The van der Waals surface area contributed by atoms with Gasteiger partial charge in [-0.15, -0.1) is 0 Å². The van der Waals surface area contributed by atoms with Crippen LogP contribution in [0.2, 0.25) is 0 Å². The lowest BCUT2D eigenvalue weighted by Gasteiger charge is -2.29. The first-order chi connectivity index (χ1) is 19.7. The minimum atomic E-state index is -3.52. The maximum absolute atomic E-state index is 13.2. The third-order valence-electron chi connectivity index (χ3n) is 7.43. The summed E-state index contributed by atoms with van der Waals surface area (Å²) in [4.78, 5) is 34.5. The maximum Gasteiger partial charge on any atom is 0.251 e. The first-order valence-corrected chi connectivity index (χ1v) is 16.0. The third-order valence-corrected chi connectivity index (χ3v) is 9.16. The summed E-state index contributed by atoms with van der Waals surface area (Å²) in [5, 5.41) is 2.78. The molecule has 1 aliphatic rings. The van der Waals surface area contributed by atoms with E-state index in [4.69, 9.17) is 0 Å². The summed E-state index contributed by atoms with van der Waals surface area (Å²) in [6, 6.07) is 16.1. The summed E-state index contributed by atoms with van der Waals surface area (Å²) in [6.07, 6.45) is 8.96. The van der Waals surface area contributed by atoms with E-state index in [9.17, 15) is 18.0 Å². The van der Waals surface area contributed by atoms with Crippen molar-refractivity contribution in [3.8, 4) is 0 Å². The molecule has 1 aliphatic heterocycles. The lowest BCUT2D eigenvalue weighted by molar-refractivity contribution is -0.116. The monoisotopic (exact) mass is 576 g/mol. The van der Waals surface area contributed by atoms with Crippen molar-refractivity contribution in [3.63, 3.8) is 0 Å². The number of hydrogen-bond donors (Lipinski definition) is 1. The fourth-order valence-electron chi connectivity index (χ4n) is 5.17. The number of pyridine rings is 1. The van der Waals surface area contributed by atoms with Crippen molar-refractivity contribution in [3.05, 3.63) is 89.2 Å². The van der Waals surface area contributed by atoms with Crippen molar-refractivity contribution in [2.24, 2.45) is 0 Å². The molecule has 8 nitrogen and oxygen atoms in total. The highest BCUT2D eigenvalue weighted by atomic mass is 32.2. The molecular weight excluding hydrogens is 536 g/mol. The van der Waals surface area contributed by atoms with E-state index in [2.05, 4.69) is 21.3 Å². The first-order valence-electron chi connectivity index (χ1n) is 14.3. The van der Waals surface area contributed by atoms with Gasteiger partial charge in [-0.25, -0.2) is 8.42 Å².